The van der Waals surface area contributed by atoms with Crippen LogP contribution in [-0.2, 0) is 6.42 Å². The zero-order chi connectivity index (χ0) is 11.5. The summed E-state index contributed by atoms with van der Waals surface area (Å²) in [4.78, 5) is 0. The third-order valence-electron chi connectivity index (χ3n) is 2.85. The van der Waals surface area contributed by atoms with Gasteiger partial charge in [0.2, 0.25) is 0 Å². The summed E-state index contributed by atoms with van der Waals surface area (Å²) in [6, 6.07) is 4.56. The first kappa shape index (κ1) is 12.5. The van der Waals surface area contributed by atoms with E-state index in [-0.39, 0.29) is 5.82 Å². The molecule has 0 atom stereocenters. The van der Waals surface area contributed by atoms with E-state index in [0.717, 1.165) is 0 Å². The number of halogens is 2. The van der Waals surface area contributed by atoms with Crippen LogP contribution in [-0.4, -0.2) is 10.7 Å². The van der Waals surface area contributed by atoms with Gasteiger partial charge >= 0.3 is 0 Å². The molecule has 1 nitrogen and oxygen atoms in total. The fourth-order valence-electron chi connectivity index (χ4n) is 1.52. The van der Waals surface area contributed by atoms with E-state index in [9.17, 15) is 9.50 Å². The highest BCUT2D eigenvalue weighted by Crippen LogP contribution is 2.24. The molecule has 0 amide bonds. The summed E-state index contributed by atoms with van der Waals surface area (Å²) in [6.45, 7) is 3.80. The summed E-state index contributed by atoms with van der Waals surface area (Å²) in [7, 11) is 0. The molecule has 0 fully saturated rings. The van der Waals surface area contributed by atoms with E-state index in [4.69, 9.17) is 11.6 Å². The highest BCUT2D eigenvalue weighted by molar-refractivity contribution is 6.30. The number of benzene rings is 1. The van der Waals surface area contributed by atoms with Crippen molar-refractivity contribution in [1.29, 1.82) is 0 Å². The van der Waals surface area contributed by atoms with Gasteiger partial charge in [-0.2, -0.15) is 0 Å². The maximum atomic E-state index is 13.5. The number of hydrogen-bond donors (Lipinski definition) is 1. The molecule has 0 unspecified atom stereocenters. The van der Waals surface area contributed by atoms with Crippen LogP contribution < -0.4 is 0 Å². The van der Waals surface area contributed by atoms with Crippen LogP contribution in [0.15, 0.2) is 18.2 Å². The first-order valence-corrected chi connectivity index (χ1v) is 5.55. The molecule has 0 bridgehead atoms. The lowest BCUT2D eigenvalue weighted by molar-refractivity contribution is 0.0318. The van der Waals surface area contributed by atoms with Crippen LogP contribution in [0.4, 0.5) is 4.39 Å². The smallest absolute Gasteiger partial charge is 0.127 e. The van der Waals surface area contributed by atoms with Gasteiger partial charge in [-0.3, -0.25) is 0 Å². The third kappa shape index (κ3) is 3.18. The highest BCUT2D eigenvalue weighted by atomic mass is 35.5. The summed E-state index contributed by atoms with van der Waals surface area (Å²) in [6.07, 6.45) is 1.57. The third-order valence-corrected chi connectivity index (χ3v) is 3.09. The Morgan fingerprint density at radius 1 is 1.33 bits per heavy atom. The maximum absolute atomic E-state index is 13.5. The maximum Gasteiger partial charge on any atom is 0.127 e. The molecule has 0 heterocycles. The molecule has 0 aromatic heterocycles. The summed E-state index contributed by atoms with van der Waals surface area (Å²) in [5.41, 5.74) is -0.292. The second-order valence-electron chi connectivity index (χ2n) is 3.84. The molecule has 0 saturated carbocycles. The lowest BCUT2D eigenvalue weighted by Gasteiger charge is -2.25. The van der Waals surface area contributed by atoms with Gasteiger partial charge in [-0.1, -0.05) is 31.5 Å². The monoisotopic (exact) mass is 230 g/mol. The normalized spacial score (nSPS) is 11.8. The number of hydrogen-bond acceptors (Lipinski definition) is 1. The SMILES string of the molecule is CCC(O)(CC)Cc1ccc(Cl)cc1F. The van der Waals surface area contributed by atoms with Gasteiger partial charge in [0.15, 0.2) is 0 Å². The molecule has 0 aliphatic rings. The van der Waals surface area contributed by atoms with Crippen LogP contribution in [0.1, 0.15) is 32.3 Å². The van der Waals surface area contributed by atoms with Gasteiger partial charge in [0.25, 0.3) is 0 Å². The van der Waals surface area contributed by atoms with Gasteiger partial charge in [0, 0.05) is 11.4 Å². The number of aliphatic hydroxyl groups is 1. The zero-order valence-corrected chi connectivity index (χ0v) is 9.81. The second-order valence-corrected chi connectivity index (χ2v) is 4.28. The van der Waals surface area contributed by atoms with E-state index in [1.807, 2.05) is 13.8 Å². The minimum Gasteiger partial charge on any atom is -0.390 e. The van der Waals surface area contributed by atoms with Crippen LogP contribution in [0.5, 0.6) is 0 Å². The number of rotatable bonds is 4. The standard InChI is InChI=1S/C12H16ClFO/c1-3-12(15,4-2)8-9-5-6-10(13)7-11(9)14/h5-7,15H,3-4,8H2,1-2H3. The Morgan fingerprint density at radius 2 is 1.93 bits per heavy atom. The molecule has 0 radical (unpaired) electrons. The lowest BCUT2D eigenvalue weighted by atomic mass is 9.89. The highest BCUT2D eigenvalue weighted by Gasteiger charge is 2.23. The topological polar surface area (TPSA) is 20.2 Å². The van der Waals surface area contributed by atoms with Crippen molar-refractivity contribution >= 4 is 11.6 Å². The average Bonchev–Trinajstić information content (AvgIpc) is 2.22. The predicted molar refractivity (Wildman–Crippen MR) is 60.6 cm³/mol. The minimum atomic E-state index is -0.811. The molecule has 0 aliphatic heterocycles. The molecule has 15 heavy (non-hydrogen) atoms. The van der Waals surface area contributed by atoms with Crippen LogP contribution in [0, 0.1) is 5.82 Å². The Morgan fingerprint density at radius 3 is 2.40 bits per heavy atom. The largest absolute Gasteiger partial charge is 0.390 e. The van der Waals surface area contributed by atoms with E-state index < -0.39 is 5.60 Å². The van der Waals surface area contributed by atoms with Crippen molar-refractivity contribution in [1.82, 2.24) is 0 Å². The average molecular weight is 231 g/mol. The summed E-state index contributed by atoms with van der Waals surface area (Å²) < 4.78 is 13.5. The second kappa shape index (κ2) is 4.95. The molecular weight excluding hydrogens is 215 g/mol. The van der Waals surface area contributed by atoms with Crippen molar-refractivity contribution in [3.63, 3.8) is 0 Å². The molecule has 1 rings (SSSR count). The Bertz CT molecular complexity index is 334. The zero-order valence-electron chi connectivity index (χ0n) is 9.06. The van der Waals surface area contributed by atoms with Gasteiger partial charge in [0.05, 0.1) is 5.60 Å². The minimum absolute atomic E-state index is 0.336. The fraction of sp³-hybridized carbons (Fsp3) is 0.500. The molecule has 0 saturated heterocycles. The first-order chi connectivity index (χ1) is 7.00. The van der Waals surface area contributed by atoms with Crippen molar-refractivity contribution in [2.24, 2.45) is 0 Å². The summed E-state index contributed by atoms with van der Waals surface area (Å²) in [5, 5.41) is 10.5. The van der Waals surface area contributed by atoms with Crippen molar-refractivity contribution in [2.45, 2.75) is 38.7 Å². The molecule has 1 N–H and O–H groups in total. The van der Waals surface area contributed by atoms with E-state index in [0.29, 0.717) is 29.8 Å². The van der Waals surface area contributed by atoms with Crippen LogP contribution in [0.25, 0.3) is 0 Å². The van der Waals surface area contributed by atoms with Gasteiger partial charge in [0.1, 0.15) is 5.82 Å². The van der Waals surface area contributed by atoms with Crippen molar-refractivity contribution in [3.05, 3.63) is 34.6 Å². The molecule has 3 heteroatoms. The van der Waals surface area contributed by atoms with Crippen molar-refractivity contribution in [3.8, 4) is 0 Å². The van der Waals surface area contributed by atoms with E-state index in [2.05, 4.69) is 0 Å². The van der Waals surface area contributed by atoms with E-state index in [1.165, 1.54) is 6.07 Å². The summed E-state index contributed by atoms with van der Waals surface area (Å²) in [5.74, 6) is -0.345. The first-order valence-electron chi connectivity index (χ1n) is 5.17. The van der Waals surface area contributed by atoms with Crippen LogP contribution >= 0.6 is 11.6 Å². The van der Waals surface area contributed by atoms with E-state index in [1.54, 1.807) is 12.1 Å². The molecule has 1 aromatic rings. The van der Waals surface area contributed by atoms with Crippen LogP contribution in [0.3, 0.4) is 0 Å². The van der Waals surface area contributed by atoms with Gasteiger partial charge in [-0.15, -0.1) is 0 Å². The lowest BCUT2D eigenvalue weighted by Crippen LogP contribution is -2.29. The van der Waals surface area contributed by atoms with Gasteiger partial charge in [-0.25, -0.2) is 4.39 Å². The fourth-order valence-corrected chi connectivity index (χ4v) is 1.68. The molecular formula is C12H16ClFO. The molecule has 0 spiro atoms. The Balaban J connectivity index is 2.89. The van der Waals surface area contributed by atoms with Crippen molar-refractivity contribution in [2.75, 3.05) is 0 Å². The van der Waals surface area contributed by atoms with Gasteiger partial charge in [-0.05, 0) is 30.5 Å². The summed E-state index contributed by atoms with van der Waals surface area (Å²) >= 11 is 5.65. The quantitative estimate of drug-likeness (QED) is 0.839. The Hall–Kier alpha value is -0.600. The van der Waals surface area contributed by atoms with Gasteiger partial charge < -0.3 is 5.11 Å². The Labute approximate surface area is 94.9 Å². The van der Waals surface area contributed by atoms with E-state index >= 15 is 0 Å². The molecule has 1 aromatic carbocycles. The van der Waals surface area contributed by atoms with Crippen molar-refractivity contribution < 1.29 is 9.50 Å². The Kier molecular flexibility index (Phi) is 4.12. The predicted octanol–water partition coefficient (Wildman–Crippen LogP) is 3.57. The molecule has 0 aliphatic carbocycles. The molecule has 84 valence electrons. The van der Waals surface area contributed by atoms with Crippen LogP contribution in [0.2, 0.25) is 5.02 Å².